The third-order valence-electron chi connectivity index (χ3n) is 3.35. The van der Waals surface area contributed by atoms with Gasteiger partial charge < -0.3 is 15.0 Å². The molecule has 1 fully saturated rings. The first kappa shape index (κ1) is 10.6. The molecule has 1 aromatic carbocycles. The van der Waals surface area contributed by atoms with E-state index in [2.05, 4.69) is 5.32 Å². The summed E-state index contributed by atoms with van der Waals surface area (Å²) in [7, 11) is 0. The largest absolute Gasteiger partial charge is 0.490 e. The zero-order valence-corrected chi connectivity index (χ0v) is 9.69. The molecular formula is C13H16N2O2. The second kappa shape index (κ2) is 4.37. The first-order valence-corrected chi connectivity index (χ1v) is 6.13. The van der Waals surface area contributed by atoms with Crippen LogP contribution in [0.15, 0.2) is 24.3 Å². The van der Waals surface area contributed by atoms with Gasteiger partial charge in [-0.3, -0.25) is 4.79 Å². The Bertz CT molecular complexity index is 427. The number of hydrogen-bond acceptors (Lipinski definition) is 3. The number of nitrogens with zero attached hydrogens (tertiary/aromatic N) is 1. The molecule has 1 atom stereocenters. The molecule has 4 nitrogen and oxygen atoms in total. The smallest absolute Gasteiger partial charge is 0.244 e. The van der Waals surface area contributed by atoms with Gasteiger partial charge in [-0.15, -0.1) is 0 Å². The standard InChI is InChI=1S/C13H16N2O2/c16-13(10-4-3-7-14-10)15-8-9-17-12-6-2-1-5-11(12)15/h1-2,5-6,10,14H,3-4,7-9H2/t10-/m1/s1. The van der Waals surface area contributed by atoms with Crippen LogP contribution in [0.4, 0.5) is 5.69 Å². The molecule has 0 unspecified atom stereocenters. The lowest BCUT2D eigenvalue weighted by molar-refractivity contribution is -0.120. The highest BCUT2D eigenvalue weighted by atomic mass is 16.5. The predicted octanol–water partition coefficient (Wildman–Crippen LogP) is 1.16. The second-order valence-corrected chi connectivity index (χ2v) is 4.46. The fourth-order valence-corrected chi connectivity index (χ4v) is 2.48. The molecule has 1 amide bonds. The molecule has 0 aromatic heterocycles. The summed E-state index contributed by atoms with van der Waals surface area (Å²) in [6.07, 6.45) is 2.03. The zero-order chi connectivity index (χ0) is 11.7. The van der Waals surface area contributed by atoms with Crippen molar-refractivity contribution in [2.24, 2.45) is 0 Å². The van der Waals surface area contributed by atoms with Crippen LogP contribution in [0.3, 0.4) is 0 Å². The van der Waals surface area contributed by atoms with Crippen molar-refractivity contribution in [3.05, 3.63) is 24.3 Å². The number of hydrogen-bond donors (Lipinski definition) is 1. The van der Waals surface area contributed by atoms with Crippen molar-refractivity contribution in [2.75, 3.05) is 24.6 Å². The van der Waals surface area contributed by atoms with Crippen molar-refractivity contribution < 1.29 is 9.53 Å². The number of nitrogens with one attached hydrogen (secondary N) is 1. The van der Waals surface area contributed by atoms with E-state index in [0.717, 1.165) is 30.8 Å². The Morgan fingerprint density at radius 3 is 3.12 bits per heavy atom. The lowest BCUT2D eigenvalue weighted by Gasteiger charge is -2.31. The molecule has 2 aliphatic heterocycles. The van der Waals surface area contributed by atoms with Gasteiger partial charge in [-0.2, -0.15) is 0 Å². The summed E-state index contributed by atoms with van der Waals surface area (Å²) in [5.41, 5.74) is 0.900. The first-order valence-electron chi connectivity index (χ1n) is 6.13. The van der Waals surface area contributed by atoms with Crippen LogP contribution in [0.25, 0.3) is 0 Å². The van der Waals surface area contributed by atoms with E-state index in [4.69, 9.17) is 4.74 Å². The third kappa shape index (κ3) is 1.89. The molecule has 0 bridgehead atoms. The zero-order valence-electron chi connectivity index (χ0n) is 9.69. The number of amides is 1. The minimum atomic E-state index is -0.0128. The van der Waals surface area contributed by atoms with Crippen molar-refractivity contribution >= 4 is 11.6 Å². The number of carbonyl (C=O) groups excluding carboxylic acids is 1. The van der Waals surface area contributed by atoms with Gasteiger partial charge in [0, 0.05) is 0 Å². The van der Waals surface area contributed by atoms with Crippen LogP contribution >= 0.6 is 0 Å². The quantitative estimate of drug-likeness (QED) is 0.790. The summed E-state index contributed by atoms with van der Waals surface area (Å²) in [4.78, 5) is 14.2. The highest BCUT2D eigenvalue weighted by molar-refractivity contribution is 5.98. The van der Waals surface area contributed by atoms with Gasteiger partial charge in [0.05, 0.1) is 18.3 Å². The highest BCUT2D eigenvalue weighted by Gasteiger charge is 2.30. The van der Waals surface area contributed by atoms with Crippen molar-refractivity contribution in [3.8, 4) is 5.75 Å². The number of para-hydroxylation sites is 2. The summed E-state index contributed by atoms with van der Waals surface area (Å²) < 4.78 is 5.55. The molecular weight excluding hydrogens is 216 g/mol. The molecule has 3 rings (SSSR count). The van der Waals surface area contributed by atoms with Gasteiger partial charge in [-0.05, 0) is 31.5 Å². The molecule has 17 heavy (non-hydrogen) atoms. The van der Waals surface area contributed by atoms with Gasteiger partial charge in [0.1, 0.15) is 12.4 Å². The monoisotopic (exact) mass is 232 g/mol. The molecule has 2 aliphatic rings. The minimum absolute atomic E-state index is 0.0128. The summed E-state index contributed by atoms with van der Waals surface area (Å²) in [5, 5.41) is 3.25. The molecule has 4 heteroatoms. The van der Waals surface area contributed by atoms with Crippen LogP contribution in [-0.4, -0.2) is 31.6 Å². The van der Waals surface area contributed by atoms with Crippen LogP contribution in [0.5, 0.6) is 5.75 Å². The van der Waals surface area contributed by atoms with Gasteiger partial charge in [0.25, 0.3) is 0 Å². The van der Waals surface area contributed by atoms with Crippen LogP contribution < -0.4 is 15.0 Å². The molecule has 1 saturated heterocycles. The van der Waals surface area contributed by atoms with Crippen molar-refractivity contribution in [1.82, 2.24) is 5.32 Å². The molecule has 0 saturated carbocycles. The summed E-state index contributed by atoms with van der Waals surface area (Å²) in [6.45, 7) is 2.17. The number of anilines is 1. The number of fused-ring (bicyclic) bond motifs is 1. The average molecular weight is 232 g/mol. The fourth-order valence-electron chi connectivity index (χ4n) is 2.48. The molecule has 0 radical (unpaired) electrons. The van der Waals surface area contributed by atoms with Gasteiger partial charge in [-0.25, -0.2) is 0 Å². The van der Waals surface area contributed by atoms with Crippen LogP contribution in [-0.2, 0) is 4.79 Å². The van der Waals surface area contributed by atoms with Crippen molar-refractivity contribution in [1.29, 1.82) is 0 Å². The SMILES string of the molecule is O=C([C@H]1CCCN1)N1CCOc2ccccc21. The van der Waals surface area contributed by atoms with Crippen LogP contribution in [0.2, 0.25) is 0 Å². The first-order chi connectivity index (χ1) is 8.36. The van der Waals surface area contributed by atoms with Gasteiger partial charge >= 0.3 is 0 Å². The predicted molar refractivity (Wildman–Crippen MR) is 65.3 cm³/mol. The Morgan fingerprint density at radius 1 is 1.41 bits per heavy atom. The van der Waals surface area contributed by atoms with E-state index >= 15 is 0 Å². The third-order valence-corrected chi connectivity index (χ3v) is 3.35. The molecule has 0 aliphatic carbocycles. The minimum Gasteiger partial charge on any atom is -0.490 e. The summed E-state index contributed by atoms with van der Waals surface area (Å²) >= 11 is 0. The van der Waals surface area contributed by atoms with E-state index in [1.165, 1.54) is 0 Å². The van der Waals surface area contributed by atoms with Gasteiger partial charge in [0.15, 0.2) is 0 Å². The summed E-state index contributed by atoms with van der Waals surface area (Å²) in [6, 6.07) is 7.72. The Morgan fingerprint density at radius 2 is 2.29 bits per heavy atom. The maximum atomic E-state index is 12.4. The Kier molecular flexibility index (Phi) is 2.73. The molecule has 2 heterocycles. The maximum Gasteiger partial charge on any atom is 0.244 e. The average Bonchev–Trinajstić information content (AvgIpc) is 2.91. The molecule has 90 valence electrons. The number of rotatable bonds is 1. The van der Waals surface area contributed by atoms with E-state index in [9.17, 15) is 4.79 Å². The van der Waals surface area contributed by atoms with Crippen molar-refractivity contribution in [3.63, 3.8) is 0 Å². The lowest BCUT2D eigenvalue weighted by Crippen LogP contribution is -2.47. The Hall–Kier alpha value is -1.55. The highest BCUT2D eigenvalue weighted by Crippen LogP contribution is 2.31. The number of ether oxygens (including phenoxy) is 1. The Labute approximate surface area is 101 Å². The van der Waals surface area contributed by atoms with E-state index in [1.807, 2.05) is 29.2 Å². The number of carbonyl (C=O) groups is 1. The van der Waals surface area contributed by atoms with E-state index in [1.54, 1.807) is 0 Å². The van der Waals surface area contributed by atoms with E-state index in [-0.39, 0.29) is 11.9 Å². The number of benzene rings is 1. The van der Waals surface area contributed by atoms with E-state index in [0.29, 0.717) is 13.2 Å². The van der Waals surface area contributed by atoms with Crippen LogP contribution in [0, 0.1) is 0 Å². The maximum absolute atomic E-state index is 12.4. The van der Waals surface area contributed by atoms with Gasteiger partial charge in [-0.1, -0.05) is 12.1 Å². The Balaban J connectivity index is 1.86. The fraction of sp³-hybridized carbons (Fsp3) is 0.462. The molecule has 1 aromatic rings. The molecule has 1 N–H and O–H groups in total. The normalized spacial score (nSPS) is 23.1. The molecule has 0 spiro atoms. The van der Waals surface area contributed by atoms with Crippen LogP contribution in [0.1, 0.15) is 12.8 Å². The van der Waals surface area contributed by atoms with Gasteiger partial charge in [0.2, 0.25) is 5.91 Å². The second-order valence-electron chi connectivity index (χ2n) is 4.46. The topological polar surface area (TPSA) is 41.6 Å². The van der Waals surface area contributed by atoms with Crippen molar-refractivity contribution in [2.45, 2.75) is 18.9 Å². The van der Waals surface area contributed by atoms with E-state index < -0.39 is 0 Å². The summed E-state index contributed by atoms with van der Waals surface area (Å²) in [5.74, 6) is 0.989. The lowest BCUT2D eigenvalue weighted by atomic mass is 10.1.